The molecule has 7 heteroatoms. The summed E-state index contributed by atoms with van der Waals surface area (Å²) in [7, 11) is 3.06. The largest absolute Gasteiger partial charge is 0.431 e. The average molecular weight is 312 g/mol. The number of amides is 2. The van der Waals surface area contributed by atoms with Crippen LogP contribution in [-0.4, -0.2) is 43.5 Å². The Morgan fingerprint density at radius 2 is 1.86 bits per heavy atom. The Bertz CT molecular complexity index is 557. The number of ether oxygens (including phenoxy) is 1. The van der Waals surface area contributed by atoms with Crippen LogP contribution in [-0.2, 0) is 9.59 Å². The second-order valence-electron chi connectivity index (χ2n) is 5.52. The molecule has 1 fully saturated rings. The first kappa shape index (κ1) is 16.2. The van der Waals surface area contributed by atoms with E-state index in [9.17, 15) is 18.4 Å². The lowest BCUT2D eigenvalue weighted by molar-refractivity contribution is -0.175. The predicted octanol–water partition coefficient (Wildman–Crippen LogP) is 1.64. The first-order valence-corrected chi connectivity index (χ1v) is 6.89. The van der Waals surface area contributed by atoms with Gasteiger partial charge in [0.15, 0.2) is 0 Å². The highest BCUT2D eigenvalue weighted by Crippen LogP contribution is 2.47. The van der Waals surface area contributed by atoms with Crippen LogP contribution >= 0.6 is 0 Å². The summed E-state index contributed by atoms with van der Waals surface area (Å²) in [6, 6.07) is 7.61. The normalized spacial score (nSPS) is 15.8. The Balaban J connectivity index is 1.92. The van der Waals surface area contributed by atoms with Crippen LogP contribution in [0.15, 0.2) is 30.3 Å². The zero-order valence-corrected chi connectivity index (χ0v) is 12.4. The molecule has 2 amide bonds. The smallest absolute Gasteiger partial charge is 0.415 e. The van der Waals surface area contributed by atoms with Crippen molar-refractivity contribution in [3.8, 4) is 5.75 Å². The molecule has 22 heavy (non-hydrogen) atoms. The molecule has 0 aromatic heterocycles. The van der Waals surface area contributed by atoms with Gasteiger partial charge in [0, 0.05) is 14.1 Å². The lowest BCUT2D eigenvalue weighted by Crippen LogP contribution is -2.47. The number of para-hydroxylation sites is 1. The lowest BCUT2D eigenvalue weighted by atomic mass is 10.0. The molecule has 0 heterocycles. The molecule has 2 rings (SSSR count). The first-order chi connectivity index (χ1) is 10.3. The van der Waals surface area contributed by atoms with E-state index in [0.717, 1.165) is 0 Å². The number of nitrogens with zero attached hydrogens (tertiary/aromatic N) is 1. The molecule has 0 aliphatic heterocycles. The maximum atomic E-state index is 13.7. The number of hydrogen-bond acceptors (Lipinski definition) is 3. The highest BCUT2D eigenvalue weighted by Gasteiger charge is 2.57. The number of alkyl halides is 2. The topological polar surface area (TPSA) is 58.6 Å². The van der Waals surface area contributed by atoms with Crippen LogP contribution in [0.1, 0.15) is 12.8 Å². The van der Waals surface area contributed by atoms with Gasteiger partial charge in [0.05, 0.1) is 0 Å². The van der Waals surface area contributed by atoms with Gasteiger partial charge < -0.3 is 15.0 Å². The molecule has 0 atom stereocenters. The Hall–Kier alpha value is -2.18. The van der Waals surface area contributed by atoms with Gasteiger partial charge in [0.2, 0.25) is 11.8 Å². The molecule has 1 aliphatic rings. The van der Waals surface area contributed by atoms with Gasteiger partial charge in [-0.3, -0.25) is 9.59 Å². The summed E-state index contributed by atoms with van der Waals surface area (Å²) < 4.78 is 32.0. The van der Waals surface area contributed by atoms with Crippen molar-refractivity contribution in [3.05, 3.63) is 30.3 Å². The standard InChI is InChI=1S/C15H18F2N2O3/c1-19(2)13(21)14(8-9-14)12(20)18-10-15(16,17)22-11-6-4-3-5-7-11/h3-7H,8-10H2,1-2H3,(H,18,20). The summed E-state index contributed by atoms with van der Waals surface area (Å²) in [5.41, 5.74) is -1.19. The van der Waals surface area contributed by atoms with Gasteiger partial charge in [0.25, 0.3) is 0 Å². The molecular formula is C15H18F2N2O3. The van der Waals surface area contributed by atoms with Crippen LogP contribution in [0, 0.1) is 5.41 Å². The number of carbonyl (C=O) groups is 2. The zero-order valence-electron chi connectivity index (χ0n) is 12.4. The van der Waals surface area contributed by atoms with Gasteiger partial charge in [-0.05, 0) is 25.0 Å². The fourth-order valence-corrected chi connectivity index (χ4v) is 2.14. The van der Waals surface area contributed by atoms with E-state index >= 15 is 0 Å². The minimum atomic E-state index is -3.55. The third-order valence-corrected chi connectivity index (χ3v) is 3.47. The fourth-order valence-electron chi connectivity index (χ4n) is 2.14. The molecule has 0 bridgehead atoms. The van der Waals surface area contributed by atoms with Crippen LogP contribution in [0.4, 0.5) is 8.78 Å². The molecule has 5 nitrogen and oxygen atoms in total. The van der Waals surface area contributed by atoms with Crippen LogP contribution in [0.3, 0.4) is 0 Å². The van der Waals surface area contributed by atoms with Gasteiger partial charge in [-0.25, -0.2) is 0 Å². The Kier molecular flexibility index (Phi) is 4.35. The number of nitrogens with one attached hydrogen (secondary N) is 1. The predicted molar refractivity (Wildman–Crippen MR) is 75.4 cm³/mol. The van der Waals surface area contributed by atoms with E-state index in [1.807, 2.05) is 0 Å². The summed E-state index contributed by atoms with van der Waals surface area (Å²) in [4.78, 5) is 25.3. The summed E-state index contributed by atoms with van der Waals surface area (Å²) in [6.45, 7) is -0.983. The molecule has 1 aliphatic carbocycles. The van der Waals surface area contributed by atoms with Crippen LogP contribution in [0.5, 0.6) is 5.75 Å². The molecule has 0 saturated heterocycles. The van der Waals surface area contributed by atoms with Gasteiger partial charge in [-0.2, -0.15) is 8.78 Å². The van der Waals surface area contributed by atoms with E-state index in [0.29, 0.717) is 12.8 Å². The summed E-state index contributed by atoms with van der Waals surface area (Å²) in [5, 5.41) is 2.12. The van der Waals surface area contributed by atoms with Crippen LogP contribution in [0.2, 0.25) is 0 Å². The monoisotopic (exact) mass is 312 g/mol. The quantitative estimate of drug-likeness (QED) is 0.813. The van der Waals surface area contributed by atoms with Gasteiger partial charge in [-0.15, -0.1) is 0 Å². The zero-order chi connectivity index (χ0) is 16.4. The second-order valence-corrected chi connectivity index (χ2v) is 5.52. The Morgan fingerprint density at radius 3 is 2.36 bits per heavy atom. The van der Waals surface area contributed by atoms with Gasteiger partial charge >= 0.3 is 6.11 Å². The van der Waals surface area contributed by atoms with E-state index in [1.54, 1.807) is 18.2 Å². The minimum absolute atomic E-state index is 0.00671. The lowest BCUT2D eigenvalue weighted by Gasteiger charge is -2.22. The molecule has 120 valence electrons. The first-order valence-electron chi connectivity index (χ1n) is 6.89. The third kappa shape index (κ3) is 3.52. The third-order valence-electron chi connectivity index (χ3n) is 3.47. The van der Waals surface area contributed by atoms with E-state index in [2.05, 4.69) is 10.1 Å². The van der Waals surface area contributed by atoms with Crippen molar-refractivity contribution in [2.75, 3.05) is 20.6 Å². The molecular weight excluding hydrogens is 294 g/mol. The summed E-state index contributed by atoms with van der Waals surface area (Å²) in [5.74, 6) is -1.04. The van der Waals surface area contributed by atoms with Gasteiger partial charge in [-0.1, -0.05) is 18.2 Å². The number of hydrogen-bond donors (Lipinski definition) is 1. The highest BCUT2D eigenvalue weighted by molar-refractivity contribution is 6.07. The van der Waals surface area contributed by atoms with Crippen molar-refractivity contribution in [1.82, 2.24) is 10.2 Å². The van der Waals surface area contributed by atoms with Gasteiger partial charge in [0.1, 0.15) is 17.7 Å². The fraction of sp³-hybridized carbons (Fsp3) is 0.467. The van der Waals surface area contributed by atoms with Crippen molar-refractivity contribution in [3.63, 3.8) is 0 Å². The van der Waals surface area contributed by atoms with E-state index in [4.69, 9.17) is 0 Å². The highest BCUT2D eigenvalue weighted by atomic mass is 19.3. The average Bonchev–Trinajstić information content (AvgIpc) is 3.26. The number of carbonyl (C=O) groups excluding carboxylic acids is 2. The van der Waals surface area contributed by atoms with Crippen molar-refractivity contribution in [1.29, 1.82) is 0 Å². The molecule has 1 saturated carbocycles. The summed E-state index contributed by atoms with van der Waals surface area (Å²) in [6.07, 6.45) is -2.80. The number of benzene rings is 1. The molecule has 1 aromatic carbocycles. The van der Waals surface area contributed by atoms with Crippen LogP contribution in [0.25, 0.3) is 0 Å². The van der Waals surface area contributed by atoms with Crippen molar-refractivity contribution in [2.24, 2.45) is 5.41 Å². The summed E-state index contributed by atoms with van der Waals surface area (Å²) >= 11 is 0. The number of rotatable bonds is 6. The SMILES string of the molecule is CN(C)C(=O)C1(C(=O)NCC(F)(F)Oc2ccccc2)CC1. The van der Waals surface area contributed by atoms with E-state index in [1.165, 1.54) is 31.1 Å². The molecule has 1 aromatic rings. The molecule has 1 N–H and O–H groups in total. The van der Waals surface area contributed by atoms with Crippen molar-refractivity contribution >= 4 is 11.8 Å². The van der Waals surface area contributed by atoms with Crippen molar-refractivity contribution in [2.45, 2.75) is 19.0 Å². The van der Waals surface area contributed by atoms with Crippen LogP contribution < -0.4 is 10.1 Å². The van der Waals surface area contributed by atoms with E-state index in [-0.39, 0.29) is 11.7 Å². The van der Waals surface area contributed by atoms with E-state index < -0.39 is 24.0 Å². The number of halogens is 2. The maximum Gasteiger partial charge on any atom is 0.415 e. The molecule has 0 spiro atoms. The van der Waals surface area contributed by atoms with Crippen molar-refractivity contribution < 1.29 is 23.1 Å². The minimum Gasteiger partial charge on any atom is -0.431 e. The second kappa shape index (κ2) is 5.90. The maximum absolute atomic E-state index is 13.7. The Morgan fingerprint density at radius 1 is 1.27 bits per heavy atom. The molecule has 0 unspecified atom stereocenters. The Labute approximate surface area is 127 Å². The molecule has 0 radical (unpaired) electrons.